The van der Waals surface area contributed by atoms with E-state index in [0.29, 0.717) is 17.7 Å². The van der Waals surface area contributed by atoms with Gasteiger partial charge in [0.1, 0.15) is 6.54 Å². The van der Waals surface area contributed by atoms with Crippen molar-refractivity contribution in [2.24, 2.45) is 4.99 Å². The molecule has 1 aliphatic heterocycles. The molecule has 6 nitrogen and oxygen atoms in total. The standard InChI is InChI=1S/C25H31N5O/c1-3-20-11-8-12-23(17-20)28-24(31)18-27-25(26-4-2)29-22-13-15-30(16-14-22)19-21-9-6-5-7-10-21/h1,5-12,17,22H,4,13-16,18-19H2,2H3,(H,28,31)(H2,26,27,29). The van der Waals surface area contributed by atoms with Crippen LogP contribution in [0.4, 0.5) is 5.69 Å². The smallest absolute Gasteiger partial charge is 0.246 e. The number of hydrogen-bond acceptors (Lipinski definition) is 3. The molecule has 0 unspecified atom stereocenters. The van der Waals surface area contributed by atoms with Crippen LogP contribution in [0.3, 0.4) is 0 Å². The largest absolute Gasteiger partial charge is 0.357 e. The number of nitrogens with one attached hydrogen (secondary N) is 3. The van der Waals surface area contributed by atoms with Crippen LogP contribution < -0.4 is 16.0 Å². The van der Waals surface area contributed by atoms with Gasteiger partial charge in [0, 0.05) is 43.5 Å². The molecule has 162 valence electrons. The van der Waals surface area contributed by atoms with E-state index in [1.165, 1.54) is 5.56 Å². The fourth-order valence-corrected chi connectivity index (χ4v) is 3.63. The Morgan fingerprint density at radius 2 is 1.94 bits per heavy atom. The monoisotopic (exact) mass is 417 g/mol. The lowest BCUT2D eigenvalue weighted by Gasteiger charge is -2.33. The lowest BCUT2D eigenvalue weighted by molar-refractivity contribution is -0.114. The number of carbonyl (C=O) groups excluding carboxylic acids is 1. The average Bonchev–Trinajstić information content (AvgIpc) is 2.80. The van der Waals surface area contributed by atoms with Crippen molar-refractivity contribution in [1.82, 2.24) is 15.5 Å². The summed E-state index contributed by atoms with van der Waals surface area (Å²) in [4.78, 5) is 19.2. The number of piperidine rings is 1. The summed E-state index contributed by atoms with van der Waals surface area (Å²) in [6.45, 7) is 5.87. The molecular formula is C25H31N5O. The molecule has 31 heavy (non-hydrogen) atoms. The van der Waals surface area contributed by atoms with Crippen LogP contribution in [-0.4, -0.2) is 49.0 Å². The molecule has 0 radical (unpaired) electrons. The number of aliphatic imine (C=N–C) groups is 1. The summed E-state index contributed by atoms with van der Waals surface area (Å²) in [5, 5.41) is 9.56. The number of nitrogens with zero attached hydrogens (tertiary/aromatic N) is 2. The molecule has 1 heterocycles. The van der Waals surface area contributed by atoms with Gasteiger partial charge in [0.2, 0.25) is 5.91 Å². The first kappa shape index (κ1) is 22.4. The molecule has 3 N–H and O–H groups in total. The number of rotatable bonds is 7. The highest BCUT2D eigenvalue weighted by Crippen LogP contribution is 2.14. The summed E-state index contributed by atoms with van der Waals surface area (Å²) in [6, 6.07) is 18.2. The highest BCUT2D eigenvalue weighted by Gasteiger charge is 2.20. The summed E-state index contributed by atoms with van der Waals surface area (Å²) in [6.07, 6.45) is 7.50. The first-order valence-corrected chi connectivity index (χ1v) is 10.8. The maximum absolute atomic E-state index is 12.3. The molecule has 0 saturated carbocycles. The topological polar surface area (TPSA) is 68.8 Å². The minimum absolute atomic E-state index is 0.0441. The van der Waals surface area contributed by atoms with Gasteiger partial charge in [-0.15, -0.1) is 6.42 Å². The van der Waals surface area contributed by atoms with E-state index in [4.69, 9.17) is 6.42 Å². The van der Waals surface area contributed by atoms with E-state index in [2.05, 4.69) is 62.1 Å². The van der Waals surface area contributed by atoms with E-state index in [9.17, 15) is 4.79 Å². The van der Waals surface area contributed by atoms with Crippen molar-refractivity contribution in [3.05, 3.63) is 65.7 Å². The molecule has 1 amide bonds. The molecule has 6 heteroatoms. The Kier molecular flexibility index (Phi) is 8.50. The van der Waals surface area contributed by atoms with Gasteiger partial charge >= 0.3 is 0 Å². The number of carbonyl (C=O) groups is 1. The van der Waals surface area contributed by atoms with Crippen molar-refractivity contribution in [3.63, 3.8) is 0 Å². The zero-order chi connectivity index (χ0) is 21.9. The van der Waals surface area contributed by atoms with E-state index in [1.807, 2.05) is 25.1 Å². The Morgan fingerprint density at radius 3 is 2.65 bits per heavy atom. The zero-order valence-corrected chi connectivity index (χ0v) is 18.1. The third kappa shape index (κ3) is 7.47. The molecule has 0 spiro atoms. The Balaban J connectivity index is 1.47. The Hall–Kier alpha value is -3.30. The molecule has 1 aliphatic rings. The SMILES string of the molecule is C#Cc1cccc(NC(=O)CN=C(NCC)NC2CCN(Cc3ccccc3)CC2)c1. The van der Waals surface area contributed by atoms with Crippen LogP contribution in [0, 0.1) is 12.3 Å². The number of guanidine groups is 1. The minimum atomic E-state index is -0.177. The van der Waals surface area contributed by atoms with Gasteiger partial charge in [-0.05, 0) is 43.5 Å². The Morgan fingerprint density at radius 1 is 1.16 bits per heavy atom. The molecule has 0 bridgehead atoms. The second-order valence-corrected chi connectivity index (χ2v) is 7.65. The summed E-state index contributed by atoms with van der Waals surface area (Å²) in [5.74, 6) is 3.07. The average molecular weight is 418 g/mol. The molecule has 0 aliphatic carbocycles. The van der Waals surface area contributed by atoms with Crippen LogP contribution in [0.25, 0.3) is 0 Å². The van der Waals surface area contributed by atoms with E-state index in [1.54, 1.807) is 6.07 Å². The fourth-order valence-electron chi connectivity index (χ4n) is 3.63. The van der Waals surface area contributed by atoms with Gasteiger partial charge in [0.05, 0.1) is 0 Å². The fraction of sp³-hybridized carbons (Fsp3) is 0.360. The number of terminal acetylenes is 1. The van der Waals surface area contributed by atoms with Gasteiger partial charge in [0.25, 0.3) is 0 Å². The van der Waals surface area contributed by atoms with Gasteiger partial charge < -0.3 is 16.0 Å². The van der Waals surface area contributed by atoms with E-state index in [0.717, 1.165) is 44.6 Å². The predicted octanol–water partition coefficient (Wildman–Crippen LogP) is 2.83. The lowest BCUT2D eigenvalue weighted by Crippen LogP contribution is -2.48. The molecule has 0 aromatic heterocycles. The number of benzene rings is 2. The second kappa shape index (κ2) is 11.8. The van der Waals surface area contributed by atoms with Crippen molar-refractivity contribution in [1.29, 1.82) is 0 Å². The van der Waals surface area contributed by atoms with Crippen LogP contribution in [0.1, 0.15) is 30.9 Å². The molecule has 3 rings (SSSR count). The van der Waals surface area contributed by atoms with Crippen LogP contribution in [-0.2, 0) is 11.3 Å². The maximum Gasteiger partial charge on any atom is 0.246 e. The van der Waals surface area contributed by atoms with Gasteiger partial charge in [0.15, 0.2) is 5.96 Å². The third-order valence-electron chi connectivity index (χ3n) is 5.22. The van der Waals surface area contributed by atoms with Crippen LogP contribution in [0.15, 0.2) is 59.6 Å². The molecule has 2 aromatic rings. The number of hydrogen-bond donors (Lipinski definition) is 3. The van der Waals surface area contributed by atoms with Crippen molar-refractivity contribution in [3.8, 4) is 12.3 Å². The minimum Gasteiger partial charge on any atom is -0.357 e. The molecule has 1 saturated heterocycles. The quantitative estimate of drug-likeness (QED) is 0.368. The number of likely N-dealkylation sites (tertiary alicyclic amines) is 1. The summed E-state index contributed by atoms with van der Waals surface area (Å²) >= 11 is 0. The normalized spacial score (nSPS) is 15.2. The predicted molar refractivity (Wildman–Crippen MR) is 127 cm³/mol. The van der Waals surface area contributed by atoms with E-state index in [-0.39, 0.29) is 12.5 Å². The zero-order valence-electron chi connectivity index (χ0n) is 18.1. The van der Waals surface area contributed by atoms with Crippen LogP contribution in [0.5, 0.6) is 0 Å². The first-order chi connectivity index (χ1) is 15.2. The van der Waals surface area contributed by atoms with Crippen molar-refractivity contribution < 1.29 is 4.79 Å². The molecule has 1 fully saturated rings. The second-order valence-electron chi connectivity index (χ2n) is 7.65. The molecular weight excluding hydrogens is 386 g/mol. The molecule has 0 atom stereocenters. The Labute approximate surface area is 185 Å². The first-order valence-electron chi connectivity index (χ1n) is 10.8. The van der Waals surface area contributed by atoms with E-state index < -0.39 is 0 Å². The van der Waals surface area contributed by atoms with Crippen molar-refractivity contribution in [2.45, 2.75) is 32.4 Å². The van der Waals surface area contributed by atoms with Crippen LogP contribution in [0.2, 0.25) is 0 Å². The lowest BCUT2D eigenvalue weighted by atomic mass is 10.0. The summed E-state index contributed by atoms with van der Waals surface area (Å²) in [7, 11) is 0. The van der Waals surface area contributed by atoms with Gasteiger partial charge in [-0.2, -0.15) is 0 Å². The summed E-state index contributed by atoms with van der Waals surface area (Å²) < 4.78 is 0. The third-order valence-corrected chi connectivity index (χ3v) is 5.22. The van der Waals surface area contributed by atoms with Crippen molar-refractivity contribution >= 4 is 17.6 Å². The summed E-state index contributed by atoms with van der Waals surface area (Å²) in [5.41, 5.74) is 2.76. The van der Waals surface area contributed by atoms with E-state index >= 15 is 0 Å². The highest BCUT2D eigenvalue weighted by atomic mass is 16.1. The molecule has 2 aromatic carbocycles. The van der Waals surface area contributed by atoms with Gasteiger partial charge in [-0.25, -0.2) is 4.99 Å². The number of amides is 1. The van der Waals surface area contributed by atoms with Crippen molar-refractivity contribution in [2.75, 3.05) is 31.5 Å². The number of anilines is 1. The maximum atomic E-state index is 12.3. The Bertz CT molecular complexity index is 911. The van der Waals surface area contributed by atoms with Gasteiger partial charge in [-0.3, -0.25) is 9.69 Å². The van der Waals surface area contributed by atoms with Crippen LogP contribution >= 0.6 is 0 Å². The highest BCUT2D eigenvalue weighted by molar-refractivity contribution is 5.94. The van der Waals surface area contributed by atoms with Gasteiger partial charge in [-0.1, -0.05) is 42.3 Å².